The van der Waals surface area contributed by atoms with Crippen LogP contribution in [0.2, 0.25) is 0 Å². The largest absolute Gasteiger partial charge is 0.465 e. The number of halogens is 1. The number of imidazole rings is 1. The molecule has 0 spiro atoms. The molecule has 0 atom stereocenters. The van der Waals surface area contributed by atoms with Gasteiger partial charge in [0.1, 0.15) is 11.6 Å². The lowest BCUT2D eigenvalue weighted by Gasteiger charge is -2.31. The monoisotopic (exact) mass is 409 g/mol. The second-order valence-electron chi connectivity index (χ2n) is 7.96. The summed E-state index contributed by atoms with van der Waals surface area (Å²) >= 11 is 0. The van der Waals surface area contributed by atoms with E-state index < -0.39 is 0 Å². The number of nitrogens with zero attached hydrogens (tertiary/aromatic N) is 3. The molecule has 1 saturated heterocycles. The van der Waals surface area contributed by atoms with Gasteiger partial charge in [-0.3, -0.25) is 9.69 Å². The topological polar surface area (TPSA) is 47.4 Å². The van der Waals surface area contributed by atoms with Gasteiger partial charge in [-0.2, -0.15) is 0 Å². The summed E-state index contributed by atoms with van der Waals surface area (Å²) in [7, 11) is 0. The lowest BCUT2D eigenvalue weighted by atomic mass is 9.93. The van der Waals surface area contributed by atoms with Gasteiger partial charge in [-0.15, -0.1) is 0 Å². The first kappa shape index (κ1) is 20.5. The third-order valence-corrected chi connectivity index (χ3v) is 5.82. The lowest BCUT2D eigenvalue weighted by molar-refractivity contribution is -0.144. The predicted molar refractivity (Wildman–Crippen MR) is 115 cm³/mol. The van der Waals surface area contributed by atoms with E-state index in [1.54, 1.807) is 0 Å². The summed E-state index contributed by atoms with van der Waals surface area (Å²) in [5, 5.41) is 0. The van der Waals surface area contributed by atoms with Crippen LogP contribution in [0.15, 0.2) is 48.5 Å². The summed E-state index contributed by atoms with van der Waals surface area (Å²) in [6, 6.07) is 14.9. The van der Waals surface area contributed by atoms with Gasteiger partial charge >= 0.3 is 5.97 Å². The van der Waals surface area contributed by atoms with Crippen LogP contribution in [-0.2, 0) is 22.5 Å². The van der Waals surface area contributed by atoms with Gasteiger partial charge in [0.15, 0.2) is 0 Å². The third-order valence-electron chi connectivity index (χ3n) is 5.82. The molecular formula is C24H28FN3O2. The fraction of sp³-hybridized carbons (Fsp3) is 0.417. The molecule has 30 heavy (non-hydrogen) atoms. The van der Waals surface area contributed by atoms with E-state index in [2.05, 4.69) is 15.5 Å². The number of para-hydroxylation sites is 2. The number of hydrogen-bond acceptors (Lipinski definition) is 4. The van der Waals surface area contributed by atoms with Crippen molar-refractivity contribution in [2.75, 3.05) is 26.2 Å². The molecule has 0 unspecified atom stereocenters. The summed E-state index contributed by atoms with van der Waals surface area (Å²) in [4.78, 5) is 18.8. The molecule has 1 aromatic heterocycles. The van der Waals surface area contributed by atoms with Crippen molar-refractivity contribution in [3.8, 4) is 0 Å². The fourth-order valence-corrected chi connectivity index (χ4v) is 4.23. The molecule has 0 amide bonds. The molecule has 3 aromatic rings. The van der Waals surface area contributed by atoms with Crippen LogP contribution in [0.5, 0.6) is 0 Å². The summed E-state index contributed by atoms with van der Waals surface area (Å²) in [6.07, 6.45) is 2.99. The number of fused-ring (bicyclic) bond motifs is 1. The quantitative estimate of drug-likeness (QED) is 0.553. The zero-order chi connectivity index (χ0) is 20.9. The van der Waals surface area contributed by atoms with Crippen LogP contribution >= 0.6 is 0 Å². The van der Waals surface area contributed by atoms with Crippen LogP contribution in [0.4, 0.5) is 4.39 Å². The molecule has 0 N–H and O–H groups in total. The average molecular weight is 410 g/mol. The normalized spacial score (nSPS) is 15.5. The van der Waals surface area contributed by atoms with Gasteiger partial charge in [0.05, 0.1) is 24.2 Å². The summed E-state index contributed by atoms with van der Waals surface area (Å²) in [5.74, 6) is 1.25. The number of benzene rings is 2. The molecule has 1 aliphatic heterocycles. The molecule has 1 fully saturated rings. The van der Waals surface area contributed by atoms with E-state index in [-0.39, 0.29) is 11.8 Å². The second kappa shape index (κ2) is 9.39. The molecule has 0 bridgehead atoms. The first-order valence-electron chi connectivity index (χ1n) is 10.7. The minimum absolute atomic E-state index is 0.142. The standard InChI is InChI=1S/C24H28FN3O2/c1-2-30-24(29)17-27-13-11-18(12-14-27)15-23-26-21-5-3-4-6-22(21)28(23)16-19-7-9-20(25)10-8-19/h3-10,18H,2,11-17H2,1H3. The SMILES string of the molecule is CCOC(=O)CN1CCC(Cc2nc3ccccc3n2Cc2ccc(F)cc2)CC1. The van der Waals surface area contributed by atoms with E-state index in [1.165, 1.54) is 12.1 Å². The molecule has 5 nitrogen and oxygen atoms in total. The molecule has 1 aliphatic rings. The maximum absolute atomic E-state index is 13.3. The summed E-state index contributed by atoms with van der Waals surface area (Å²) in [6.45, 7) is 5.13. The van der Waals surface area contributed by atoms with E-state index in [0.717, 1.165) is 54.8 Å². The first-order chi connectivity index (χ1) is 14.6. The predicted octanol–water partition coefficient (Wildman–Crippen LogP) is 4.04. The molecule has 158 valence electrons. The number of carbonyl (C=O) groups excluding carboxylic acids is 1. The lowest BCUT2D eigenvalue weighted by Crippen LogP contribution is -2.38. The Kier molecular flexibility index (Phi) is 6.43. The van der Waals surface area contributed by atoms with Crippen LogP contribution in [0, 0.1) is 11.7 Å². The average Bonchev–Trinajstić information content (AvgIpc) is 3.08. The number of likely N-dealkylation sites (tertiary alicyclic amines) is 1. The van der Waals surface area contributed by atoms with E-state index in [1.807, 2.05) is 37.3 Å². The van der Waals surface area contributed by atoms with Gasteiger partial charge in [0.25, 0.3) is 0 Å². The van der Waals surface area contributed by atoms with Crippen LogP contribution in [-0.4, -0.2) is 46.7 Å². The molecule has 2 heterocycles. The van der Waals surface area contributed by atoms with Crippen molar-refractivity contribution >= 4 is 17.0 Å². The summed E-state index contributed by atoms with van der Waals surface area (Å²) < 4.78 is 20.6. The Hall–Kier alpha value is -2.73. The Morgan fingerprint density at radius 2 is 1.87 bits per heavy atom. The number of carbonyl (C=O) groups is 1. The minimum atomic E-state index is -0.218. The highest BCUT2D eigenvalue weighted by atomic mass is 19.1. The maximum Gasteiger partial charge on any atom is 0.320 e. The van der Waals surface area contributed by atoms with E-state index >= 15 is 0 Å². The van der Waals surface area contributed by atoms with E-state index in [0.29, 0.717) is 25.6 Å². The van der Waals surface area contributed by atoms with Crippen LogP contribution in [0.1, 0.15) is 31.2 Å². The van der Waals surface area contributed by atoms with Crippen molar-refractivity contribution in [3.05, 3.63) is 65.7 Å². The van der Waals surface area contributed by atoms with Crippen LogP contribution in [0.25, 0.3) is 11.0 Å². The Morgan fingerprint density at radius 1 is 1.13 bits per heavy atom. The fourth-order valence-electron chi connectivity index (χ4n) is 4.23. The van der Waals surface area contributed by atoms with Crippen molar-refractivity contribution in [2.45, 2.75) is 32.7 Å². The van der Waals surface area contributed by atoms with E-state index in [4.69, 9.17) is 9.72 Å². The van der Waals surface area contributed by atoms with Gasteiger partial charge in [0, 0.05) is 13.0 Å². The third kappa shape index (κ3) is 4.87. The van der Waals surface area contributed by atoms with Crippen LogP contribution in [0.3, 0.4) is 0 Å². The van der Waals surface area contributed by atoms with E-state index in [9.17, 15) is 9.18 Å². The molecular weight excluding hydrogens is 381 g/mol. The Morgan fingerprint density at radius 3 is 2.60 bits per heavy atom. The number of esters is 1. The Bertz CT molecular complexity index is 991. The van der Waals surface area contributed by atoms with Crippen molar-refractivity contribution in [1.82, 2.24) is 14.5 Å². The molecule has 0 radical (unpaired) electrons. The molecule has 4 rings (SSSR count). The molecule has 2 aromatic carbocycles. The van der Waals surface area contributed by atoms with Crippen molar-refractivity contribution < 1.29 is 13.9 Å². The maximum atomic E-state index is 13.3. The highest BCUT2D eigenvalue weighted by molar-refractivity contribution is 5.76. The number of piperidine rings is 1. The highest BCUT2D eigenvalue weighted by Crippen LogP contribution is 2.25. The van der Waals surface area contributed by atoms with Gasteiger partial charge in [-0.1, -0.05) is 24.3 Å². The van der Waals surface area contributed by atoms with Crippen LogP contribution < -0.4 is 0 Å². The Labute approximate surface area is 176 Å². The molecule has 0 saturated carbocycles. The van der Waals surface area contributed by atoms with Crippen molar-refractivity contribution in [1.29, 1.82) is 0 Å². The number of hydrogen-bond donors (Lipinski definition) is 0. The summed E-state index contributed by atoms with van der Waals surface area (Å²) in [5.41, 5.74) is 3.16. The second-order valence-corrected chi connectivity index (χ2v) is 7.96. The van der Waals surface area contributed by atoms with Gasteiger partial charge in [-0.05, 0) is 68.6 Å². The molecule has 0 aliphatic carbocycles. The minimum Gasteiger partial charge on any atom is -0.465 e. The zero-order valence-corrected chi connectivity index (χ0v) is 17.4. The zero-order valence-electron chi connectivity index (χ0n) is 17.4. The van der Waals surface area contributed by atoms with Gasteiger partial charge in [0.2, 0.25) is 0 Å². The number of rotatable bonds is 7. The first-order valence-corrected chi connectivity index (χ1v) is 10.7. The van der Waals surface area contributed by atoms with Gasteiger partial charge < -0.3 is 9.30 Å². The molecule has 6 heteroatoms. The van der Waals surface area contributed by atoms with Gasteiger partial charge in [-0.25, -0.2) is 9.37 Å². The Balaban J connectivity index is 1.46. The number of aromatic nitrogens is 2. The smallest absolute Gasteiger partial charge is 0.320 e. The van der Waals surface area contributed by atoms with Crippen molar-refractivity contribution in [2.24, 2.45) is 5.92 Å². The highest BCUT2D eigenvalue weighted by Gasteiger charge is 2.23. The number of ether oxygens (including phenoxy) is 1. The van der Waals surface area contributed by atoms with Crippen molar-refractivity contribution in [3.63, 3.8) is 0 Å².